The Morgan fingerprint density at radius 1 is 1.31 bits per heavy atom. The van der Waals surface area contributed by atoms with Crippen molar-refractivity contribution in [1.82, 2.24) is 9.66 Å². The van der Waals surface area contributed by atoms with Crippen molar-refractivity contribution in [3.63, 3.8) is 0 Å². The van der Waals surface area contributed by atoms with Gasteiger partial charge in [0.05, 0.1) is 16.5 Å². The molecule has 8 nitrogen and oxygen atoms in total. The standard InChI is InChI=1S/C17H14N4O4S/c22-13-6-5-10(7-12(13)21(24)25)8-19-20-9-18-16-15(17(20)23)11-3-1-2-4-14(11)26-16/h5-9,22H,1-4H2/p-1/b19-8-. The van der Waals surface area contributed by atoms with Gasteiger partial charge in [0.1, 0.15) is 11.2 Å². The Labute approximate surface area is 151 Å². The normalized spacial score (nSPS) is 14.0. The summed E-state index contributed by atoms with van der Waals surface area (Å²) in [7, 11) is 0. The first kappa shape index (κ1) is 16.4. The van der Waals surface area contributed by atoms with Gasteiger partial charge in [0.15, 0.2) is 0 Å². The molecular weight excluding hydrogens is 356 g/mol. The Kier molecular flexibility index (Phi) is 4.00. The van der Waals surface area contributed by atoms with Crippen molar-refractivity contribution in [3.8, 4) is 5.75 Å². The van der Waals surface area contributed by atoms with Crippen LogP contribution in [0.1, 0.15) is 28.8 Å². The molecule has 0 N–H and O–H groups in total. The highest BCUT2D eigenvalue weighted by Gasteiger charge is 2.19. The van der Waals surface area contributed by atoms with E-state index in [1.807, 2.05) is 0 Å². The molecule has 1 aromatic carbocycles. The van der Waals surface area contributed by atoms with Crippen molar-refractivity contribution in [1.29, 1.82) is 0 Å². The molecule has 0 aliphatic heterocycles. The number of nitro benzene ring substituents is 1. The summed E-state index contributed by atoms with van der Waals surface area (Å²) >= 11 is 1.56. The van der Waals surface area contributed by atoms with Crippen LogP contribution >= 0.6 is 11.3 Å². The molecule has 0 fully saturated rings. The molecule has 1 aliphatic rings. The monoisotopic (exact) mass is 369 g/mol. The van der Waals surface area contributed by atoms with Crippen LogP contribution < -0.4 is 10.7 Å². The van der Waals surface area contributed by atoms with Crippen LogP contribution in [0.4, 0.5) is 5.69 Å². The van der Waals surface area contributed by atoms with E-state index in [2.05, 4.69) is 10.1 Å². The second kappa shape index (κ2) is 6.34. The molecule has 0 saturated carbocycles. The number of aromatic nitrogens is 2. The number of aryl methyl sites for hydroxylation is 2. The van der Waals surface area contributed by atoms with E-state index in [0.717, 1.165) is 52.9 Å². The van der Waals surface area contributed by atoms with Gasteiger partial charge in [-0.25, -0.2) is 4.98 Å². The lowest BCUT2D eigenvalue weighted by Crippen LogP contribution is -2.18. The number of hydrogen-bond acceptors (Lipinski definition) is 7. The maximum atomic E-state index is 12.8. The fraction of sp³-hybridized carbons (Fsp3) is 0.235. The summed E-state index contributed by atoms with van der Waals surface area (Å²) < 4.78 is 1.13. The van der Waals surface area contributed by atoms with Crippen molar-refractivity contribution >= 4 is 33.5 Å². The summed E-state index contributed by atoms with van der Waals surface area (Å²) in [4.78, 5) is 29.2. The molecule has 0 unspecified atom stereocenters. The summed E-state index contributed by atoms with van der Waals surface area (Å²) in [5.74, 6) is -0.669. The van der Waals surface area contributed by atoms with Crippen LogP contribution in [-0.2, 0) is 12.8 Å². The lowest BCUT2D eigenvalue weighted by atomic mass is 9.97. The summed E-state index contributed by atoms with van der Waals surface area (Å²) in [6.07, 6.45) is 6.68. The molecule has 1 aliphatic carbocycles. The average molecular weight is 369 g/mol. The van der Waals surface area contributed by atoms with Crippen LogP contribution in [0.25, 0.3) is 10.2 Å². The Bertz CT molecular complexity index is 1120. The Morgan fingerprint density at radius 3 is 2.92 bits per heavy atom. The van der Waals surface area contributed by atoms with Crippen LogP contribution in [0.15, 0.2) is 34.4 Å². The fourth-order valence-electron chi connectivity index (χ4n) is 3.11. The van der Waals surface area contributed by atoms with Gasteiger partial charge in [-0.3, -0.25) is 14.9 Å². The van der Waals surface area contributed by atoms with Crippen LogP contribution in [0, 0.1) is 10.1 Å². The summed E-state index contributed by atoms with van der Waals surface area (Å²) in [5.41, 5.74) is 0.655. The van der Waals surface area contributed by atoms with Crippen LogP contribution in [0.2, 0.25) is 0 Å². The molecule has 132 valence electrons. The minimum atomic E-state index is -0.739. The van der Waals surface area contributed by atoms with Gasteiger partial charge >= 0.3 is 0 Å². The van der Waals surface area contributed by atoms with Gasteiger partial charge in [0.2, 0.25) is 0 Å². The lowest BCUT2D eigenvalue weighted by molar-refractivity contribution is -0.398. The number of hydrogen-bond donors (Lipinski definition) is 0. The van der Waals surface area contributed by atoms with E-state index in [1.54, 1.807) is 11.3 Å². The minimum Gasteiger partial charge on any atom is -0.868 e. The maximum absolute atomic E-state index is 12.8. The molecule has 0 saturated heterocycles. The first-order valence-corrected chi connectivity index (χ1v) is 8.88. The van der Waals surface area contributed by atoms with E-state index in [-0.39, 0.29) is 5.56 Å². The van der Waals surface area contributed by atoms with Crippen molar-refractivity contribution in [2.24, 2.45) is 5.10 Å². The van der Waals surface area contributed by atoms with Gasteiger partial charge in [-0.05, 0) is 37.0 Å². The van der Waals surface area contributed by atoms with Gasteiger partial charge in [0.25, 0.3) is 11.2 Å². The predicted octanol–water partition coefficient (Wildman–Crippen LogP) is 2.20. The van der Waals surface area contributed by atoms with Gasteiger partial charge in [0, 0.05) is 16.5 Å². The van der Waals surface area contributed by atoms with Crippen LogP contribution in [0.3, 0.4) is 0 Å². The highest BCUT2D eigenvalue weighted by molar-refractivity contribution is 7.18. The van der Waals surface area contributed by atoms with Crippen molar-refractivity contribution < 1.29 is 10.0 Å². The molecule has 0 radical (unpaired) electrons. The molecule has 0 amide bonds. The maximum Gasteiger partial charge on any atom is 0.282 e. The van der Waals surface area contributed by atoms with Crippen LogP contribution in [0.5, 0.6) is 5.75 Å². The first-order valence-electron chi connectivity index (χ1n) is 8.06. The SMILES string of the molecule is O=c1c2c3c(sc2ncn1/N=C\c1ccc([O-])c([N+](=O)[O-])c1)CCCC3. The second-order valence-electron chi connectivity index (χ2n) is 6.01. The number of thiophene rings is 1. The topological polar surface area (TPSA) is 113 Å². The molecule has 2 heterocycles. The molecular formula is C17H13N4O4S-. The highest BCUT2D eigenvalue weighted by Crippen LogP contribution is 2.33. The number of benzene rings is 1. The average Bonchev–Trinajstić information content (AvgIpc) is 3.01. The second-order valence-corrected chi connectivity index (χ2v) is 7.10. The zero-order valence-corrected chi connectivity index (χ0v) is 14.4. The van der Waals surface area contributed by atoms with Crippen molar-refractivity contribution in [2.45, 2.75) is 25.7 Å². The number of fused-ring (bicyclic) bond motifs is 3. The zero-order chi connectivity index (χ0) is 18.3. The number of nitro groups is 1. The summed E-state index contributed by atoms with van der Waals surface area (Å²) in [6, 6.07) is 3.66. The Hall–Kier alpha value is -3.07. The third-order valence-corrected chi connectivity index (χ3v) is 5.57. The quantitative estimate of drug-likeness (QED) is 0.399. The Morgan fingerprint density at radius 2 is 2.12 bits per heavy atom. The van der Waals surface area contributed by atoms with Crippen molar-refractivity contribution in [2.75, 3.05) is 0 Å². The molecule has 3 aromatic rings. The molecule has 4 rings (SSSR count). The van der Waals surface area contributed by atoms with E-state index in [4.69, 9.17) is 0 Å². The first-order chi connectivity index (χ1) is 12.5. The molecule has 26 heavy (non-hydrogen) atoms. The molecule has 0 spiro atoms. The fourth-order valence-corrected chi connectivity index (χ4v) is 4.33. The number of rotatable bonds is 3. The van der Waals surface area contributed by atoms with Gasteiger partial charge in [-0.1, -0.05) is 12.1 Å². The van der Waals surface area contributed by atoms with Gasteiger partial charge in [-0.15, -0.1) is 11.3 Å². The highest BCUT2D eigenvalue weighted by atomic mass is 32.1. The molecule has 0 bridgehead atoms. The summed E-state index contributed by atoms with van der Waals surface area (Å²) in [6.45, 7) is 0. The molecule has 2 aromatic heterocycles. The third kappa shape index (κ3) is 2.76. The Balaban J connectivity index is 1.75. The van der Waals surface area contributed by atoms with E-state index in [9.17, 15) is 20.0 Å². The van der Waals surface area contributed by atoms with E-state index in [0.29, 0.717) is 10.9 Å². The van der Waals surface area contributed by atoms with Gasteiger partial charge in [-0.2, -0.15) is 9.78 Å². The summed E-state index contributed by atoms with van der Waals surface area (Å²) in [5, 5.41) is 27.0. The third-order valence-electron chi connectivity index (χ3n) is 4.37. The van der Waals surface area contributed by atoms with Crippen molar-refractivity contribution in [3.05, 3.63) is 61.0 Å². The smallest absolute Gasteiger partial charge is 0.282 e. The predicted molar refractivity (Wildman–Crippen MR) is 96.1 cm³/mol. The van der Waals surface area contributed by atoms with E-state index in [1.165, 1.54) is 23.5 Å². The minimum absolute atomic E-state index is 0.249. The number of nitrogens with zero attached hydrogens (tertiary/aromatic N) is 4. The molecule has 0 atom stereocenters. The zero-order valence-electron chi connectivity index (χ0n) is 13.5. The lowest BCUT2D eigenvalue weighted by Gasteiger charge is -2.09. The largest absolute Gasteiger partial charge is 0.868 e. The van der Waals surface area contributed by atoms with Crippen LogP contribution in [-0.4, -0.2) is 20.8 Å². The molecule has 9 heteroatoms. The van der Waals surface area contributed by atoms with E-state index < -0.39 is 16.4 Å². The van der Waals surface area contributed by atoms with E-state index >= 15 is 0 Å². The van der Waals surface area contributed by atoms with Gasteiger partial charge < -0.3 is 5.11 Å².